The van der Waals surface area contributed by atoms with Gasteiger partial charge in [0.25, 0.3) is 0 Å². The fourth-order valence-electron chi connectivity index (χ4n) is 6.85. The molecule has 0 atom stereocenters. The van der Waals surface area contributed by atoms with Crippen LogP contribution in [0.5, 0.6) is 0 Å². The summed E-state index contributed by atoms with van der Waals surface area (Å²) < 4.78 is 2.07. The molecule has 0 amide bonds. The molecule has 7 rings (SSSR count). The second-order valence-electron chi connectivity index (χ2n) is 9.95. The van der Waals surface area contributed by atoms with Gasteiger partial charge in [0.15, 0.2) is 0 Å². The van der Waals surface area contributed by atoms with Crippen molar-refractivity contribution in [1.82, 2.24) is 9.55 Å². The van der Waals surface area contributed by atoms with E-state index in [1.165, 1.54) is 49.7 Å². The molecule has 4 fully saturated rings. The second kappa shape index (κ2) is 7.16. The minimum atomic E-state index is 0.395. The van der Waals surface area contributed by atoms with Crippen LogP contribution in [0.4, 0.5) is 11.4 Å². The molecule has 1 aromatic heterocycles. The predicted molar refractivity (Wildman–Crippen MR) is 122 cm³/mol. The van der Waals surface area contributed by atoms with Gasteiger partial charge in [-0.05, 0) is 97.1 Å². The third kappa shape index (κ3) is 3.33. The highest BCUT2D eigenvalue weighted by atomic mass is 35.5. The first-order chi connectivity index (χ1) is 14.6. The van der Waals surface area contributed by atoms with Gasteiger partial charge in [-0.3, -0.25) is 0 Å². The SMILES string of the molecule is Clc1cc(C23CC4CC(CC(C4)C2)C3)ccc1Nc1ccc(Cn2ccnc2)cc1. The molecular weight excluding hydrogens is 390 g/mol. The number of hydrogen-bond acceptors (Lipinski definition) is 2. The number of imidazole rings is 1. The molecule has 154 valence electrons. The quantitative estimate of drug-likeness (QED) is 0.494. The highest BCUT2D eigenvalue weighted by Crippen LogP contribution is 2.61. The molecule has 4 aliphatic rings. The second-order valence-corrected chi connectivity index (χ2v) is 10.4. The van der Waals surface area contributed by atoms with E-state index in [2.05, 4.69) is 57.3 Å². The summed E-state index contributed by atoms with van der Waals surface area (Å²) in [7, 11) is 0. The highest BCUT2D eigenvalue weighted by Gasteiger charge is 2.51. The molecule has 3 aromatic rings. The van der Waals surface area contributed by atoms with Gasteiger partial charge in [0.1, 0.15) is 0 Å². The Bertz CT molecular complexity index is 1000. The molecule has 4 bridgehead atoms. The fraction of sp³-hybridized carbons (Fsp3) is 0.423. The maximum Gasteiger partial charge on any atom is 0.0949 e. The van der Waals surface area contributed by atoms with E-state index >= 15 is 0 Å². The monoisotopic (exact) mass is 417 g/mol. The number of halogens is 1. The van der Waals surface area contributed by atoms with Gasteiger partial charge in [0, 0.05) is 24.6 Å². The van der Waals surface area contributed by atoms with Crippen molar-refractivity contribution in [2.45, 2.75) is 50.5 Å². The van der Waals surface area contributed by atoms with Crippen LogP contribution in [-0.4, -0.2) is 9.55 Å². The molecule has 0 unspecified atom stereocenters. The Balaban J connectivity index is 1.19. The Kier molecular flexibility index (Phi) is 4.42. The molecule has 2 aromatic carbocycles. The fourth-order valence-corrected chi connectivity index (χ4v) is 7.08. The van der Waals surface area contributed by atoms with E-state index in [1.54, 1.807) is 0 Å². The summed E-state index contributed by atoms with van der Waals surface area (Å²) in [5.41, 5.74) is 5.18. The summed E-state index contributed by atoms with van der Waals surface area (Å²) in [4.78, 5) is 4.10. The summed E-state index contributed by atoms with van der Waals surface area (Å²) in [5, 5.41) is 4.35. The van der Waals surface area contributed by atoms with Crippen molar-refractivity contribution >= 4 is 23.0 Å². The number of anilines is 2. The van der Waals surface area contributed by atoms with Crippen LogP contribution in [0.1, 0.15) is 49.7 Å². The maximum absolute atomic E-state index is 6.77. The van der Waals surface area contributed by atoms with Crippen LogP contribution in [-0.2, 0) is 12.0 Å². The van der Waals surface area contributed by atoms with Gasteiger partial charge < -0.3 is 9.88 Å². The Labute approximate surface area is 183 Å². The zero-order chi connectivity index (χ0) is 20.1. The van der Waals surface area contributed by atoms with Crippen LogP contribution in [0.3, 0.4) is 0 Å². The van der Waals surface area contributed by atoms with Crippen molar-refractivity contribution < 1.29 is 0 Å². The number of nitrogens with one attached hydrogen (secondary N) is 1. The molecule has 0 spiro atoms. The third-order valence-electron chi connectivity index (χ3n) is 7.78. The van der Waals surface area contributed by atoms with E-state index < -0.39 is 0 Å². The zero-order valence-electron chi connectivity index (χ0n) is 17.2. The Morgan fingerprint density at radius 3 is 2.27 bits per heavy atom. The third-order valence-corrected chi connectivity index (χ3v) is 8.09. The van der Waals surface area contributed by atoms with Gasteiger partial charge in [-0.1, -0.05) is 29.8 Å². The lowest BCUT2D eigenvalue weighted by Crippen LogP contribution is -2.48. The smallest absolute Gasteiger partial charge is 0.0949 e. The normalized spacial score (nSPS) is 29.3. The molecule has 0 saturated heterocycles. The first-order valence-corrected chi connectivity index (χ1v) is 11.6. The summed E-state index contributed by atoms with van der Waals surface area (Å²) in [6.45, 7) is 0.834. The standard InChI is InChI=1S/C26H28ClN3/c27-24-12-22(26-13-19-9-20(14-26)11-21(10-19)15-26)3-6-25(24)29-23-4-1-18(2-5-23)16-30-8-7-28-17-30/h1-8,12,17,19-21,29H,9-11,13-16H2. The van der Waals surface area contributed by atoms with Gasteiger partial charge in [0.2, 0.25) is 0 Å². The number of nitrogens with zero attached hydrogens (tertiary/aromatic N) is 2. The average Bonchev–Trinajstić information content (AvgIpc) is 3.23. The summed E-state index contributed by atoms with van der Waals surface area (Å²) in [5.74, 6) is 2.86. The van der Waals surface area contributed by atoms with Crippen molar-refractivity contribution in [2.24, 2.45) is 17.8 Å². The highest BCUT2D eigenvalue weighted by molar-refractivity contribution is 6.33. The molecule has 0 radical (unpaired) electrons. The van der Waals surface area contributed by atoms with Crippen LogP contribution >= 0.6 is 11.6 Å². The molecule has 4 saturated carbocycles. The lowest BCUT2D eigenvalue weighted by molar-refractivity contribution is -0.00517. The molecule has 1 N–H and O–H groups in total. The van der Waals surface area contributed by atoms with Crippen LogP contribution in [0.25, 0.3) is 0 Å². The van der Waals surface area contributed by atoms with Crippen molar-refractivity contribution in [3.05, 3.63) is 77.3 Å². The lowest BCUT2D eigenvalue weighted by atomic mass is 9.48. The summed E-state index contributed by atoms with van der Waals surface area (Å²) in [6, 6.07) is 15.3. The largest absolute Gasteiger partial charge is 0.354 e. The summed E-state index contributed by atoms with van der Waals surface area (Å²) in [6.07, 6.45) is 14.2. The Morgan fingerprint density at radius 2 is 1.67 bits per heavy atom. The van der Waals surface area contributed by atoms with Gasteiger partial charge in [-0.15, -0.1) is 0 Å². The van der Waals surface area contributed by atoms with Crippen molar-refractivity contribution in [1.29, 1.82) is 0 Å². The molecule has 1 heterocycles. The topological polar surface area (TPSA) is 29.9 Å². The Hall–Kier alpha value is -2.26. The maximum atomic E-state index is 6.77. The van der Waals surface area contributed by atoms with E-state index in [1.807, 2.05) is 18.7 Å². The average molecular weight is 418 g/mol. The molecule has 3 nitrogen and oxygen atoms in total. The van der Waals surface area contributed by atoms with Crippen LogP contribution in [0, 0.1) is 17.8 Å². The van der Waals surface area contributed by atoms with Gasteiger partial charge >= 0.3 is 0 Å². The zero-order valence-corrected chi connectivity index (χ0v) is 18.0. The number of aromatic nitrogens is 2. The van der Waals surface area contributed by atoms with Crippen LogP contribution in [0.15, 0.2) is 61.2 Å². The number of hydrogen-bond donors (Lipinski definition) is 1. The molecular formula is C26H28ClN3. The molecule has 30 heavy (non-hydrogen) atoms. The molecule has 4 heteroatoms. The predicted octanol–water partition coefficient (Wildman–Crippen LogP) is 6.80. The van der Waals surface area contributed by atoms with Gasteiger partial charge in [0.05, 0.1) is 17.0 Å². The van der Waals surface area contributed by atoms with Crippen molar-refractivity contribution in [3.63, 3.8) is 0 Å². The lowest BCUT2D eigenvalue weighted by Gasteiger charge is -2.57. The van der Waals surface area contributed by atoms with Gasteiger partial charge in [-0.2, -0.15) is 0 Å². The van der Waals surface area contributed by atoms with E-state index in [9.17, 15) is 0 Å². The summed E-state index contributed by atoms with van der Waals surface area (Å²) >= 11 is 6.77. The van der Waals surface area contributed by atoms with Crippen LogP contribution in [0.2, 0.25) is 5.02 Å². The number of benzene rings is 2. The van der Waals surface area contributed by atoms with E-state index in [0.29, 0.717) is 5.41 Å². The Morgan fingerprint density at radius 1 is 0.967 bits per heavy atom. The minimum Gasteiger partial charge on any atom is -0.354 e. The van der Waals surface area contributed by atoms with Gasteiger partial charge in [-0.25, -0.2) is 4.98 Å². The first kappa shape index (κ1) is 18.5. The van der Waals surface area contributed by atoms with E-state index in [-0.39, 0.29) is 0 Å². The van der Waals surface area contributed by atoms with E-state index in [0.717, 1.165) is 40.7 Å². The first-order valence-electron chi connectivity index (χ1n) is 11.3. The number of rotatable bonds is 5. The molecule has 4 aliphatic carbocycles. The van der Waals surface area contributed by atoms with E-state index in [4.69, 9.17) is 11.6 Å². The molecule has 0 aliphatic heterocycles. The van der Waals surface area contributed by atoms with Crippen molar-refractivity contribution in [3.8, 4) is 0 Å². The van der Waals surface area contributed by atoms with Crippen molar-refractivity contribution in [2.75, 3.05) is 5.32 Å². The minimum absolute atomic E-state index is 0.395. The van der Waals surface area contributed by atoms with Crippen LogP contribution < -0.4 is 5.32 Å².